The van der Waals surface area contributed by atoms with Crippen molar-refractivity contribution in [1.82, 2.24) is 5.09 Å². The van der Waals surface area contributed by atoms with Crippen LogP contribution in [0.15, 0.2) is 91.0 Å². The molecule has 144 valence electrons. The molecule has 3 nitrogen and oxygen atoms in total. The van der Waals surface area contributed by atoms with Crippen LogP contribution in [0.2, 0.25) is 0 Å². The molecule has 0 unspecified atom stereocenters. The van der Waals surface area contributed by atoms with Crippen LogP contribution in [0, 0.1) is 11.8 Å². The van der Waals surface area contributed by atoms with E-state index in [0.717, 1.165) is 29.0 Å². The Morgan fingerprint density at radius 1 is 0.857 bits per heavy atom. The predicted octanol–water partition coefficient (Wildman–Crippen LogP) is 4.26. The minimum atomic E-state index is -3.02. The molecule has 0 heterocycles. The fraction of sp³-hybridized carbons (Fsp3) is 0.250. The van der Waals surface area contributed by atoms with Gasteiger partial charge < -0.3 is 5.11 Å². The van der Waals surface area contributed by atoms with Crippen LogP contribution in [-0.2, 0) is 4.57 Å². The van der Waals surface area contributed by atoms with Gasteiger partial charge in [-0.15, -0.1) is 0 Å². The van der Waals surface area contributed by atoms with Crippen molar-refractivity contribution in [2.45, 2.75) is 18.9 Å². The average Bonchev–Trinajstić information content (AvgIpc) is 3.53. The molecule has 1 fully saturated rings. The summed E-state index contributed by atoms with van der Waals surface area (Å²) >= 11 is 0. The average molecular weight is 391 g/mol. The monoisotopic (exact) mass is 391 g/mol. The Labute approximate surface area is 166 Å². The first-order valence-electron chi connectivity index (χ1n) is 9.87. The quantitative estimate of drug-likeness (QED) is 0.564. The van der Waals surface area contributed by atoms with Crippen molar-refractivity contribution in [1.29, 1.82) is 0 Å². The molecular formula is C24H26NO2P. The number of nitrogens with one attached hydrogen (secondary N) is 1. The summed E-state index contributed by atoms with van der Waals surface area (Å²) in [5, 5.41) is 14.6. The van der Waals surface area contributed by atoms with Crippen LogP contribution >= 0.6 is 7.29 Å². The molecule has 0 aliphatic heterocycles. The molecule has 4 heteroatoms. The topological polar surface area (TPSA) is 49.3 Å². The van der Waals surface area contributed by atoms with Gasteiger partial charge in [0, 0.05) is 23.3 Å². The lowest BCUT2D eigenvalue weighted by Crippen LogP contribution is -2.32. The first-order chi connectivity index (χ1) is 13.7. The van der Waals surface area contributed by atoms with Gasteiger partial charge in [-0.2, -0.15) is 0 Å². The molecule has 2 N–H and O–H groups in total. The Bertz CT molecular complexity index is 887. The van der Waals surface area contributed by atoms with Crippen molar-refractivity contribution in [2.75, 3.05) is 6.61 Å². The molecule has 3 aromatic rings. The predicted molar refractivity (Wildman–Crippen MR) is 115 cm³/mol. The SMILES string of the molecule is O=P(N[C@@H](c1ccccc1)[C@H]1C[C@H]1CCO)(c1ccccc1)c1ccccc1. The van der Waals surface area contributed by atoms with Gasteiger partial charge in [0.2, 0.25) is 7.29 Å². The van der Waals surface area contributed by atoms with E-state index >= 15 is 0 Å². The Morgan fingerprint density at radius 3 is 1.86 bits per heavy atom. The van der Waals surface area contributed by atoms with Gasteiger partial charge in [0.15, 0.2) is 0 Å². The van der Waals surface area contributed by atoms with Gasteiger partial charge in [-0.25, -0.2) is 0 Å². The highest BCUT2D eigenvalue weighted by atomic mass is 31.2. The third-order valence-electron chi connectivity index (χ3n) is 5.62. The van der Waals surface area contributed by atoms with Crippen molar-refractivity contribution < 1.29 is 9.67 Å². The van der Waals surface area contributed by atoms with Gasteiger partial charge in [-0.05, 0) is 54.5 Å². The lowest BCUT2D eigenvalue weighted by atomic mass is 10.0. The first kappa shape index (κ1) is 19.1. The largest absolute Gasteiger partial charge is 0.396 e. The fourth-order valence-corrected chi connectivity index (χ4v) is 6.54. The third kappa shape index (κ3) is 3.98. The van der Waals surface area contributed by atoms with Crippen molar-refractivity contribution in [2.24, 2.45) is 11.8 Å². The molecule has 28 heavy (non-hydrogen) atoms. The molecular weight excluding hydrogens is 365 g/mol. The Hall–Kier alpha value is -2.19. The summed E-state index contributed by atoms with van der Waals surface area (Å²) in [6.45, 7) is 0.206. The Balaban J connectivity index is 1.74. The second kappa shape index (κ2) is 8.45. The number of hydrogen-bond acceptors (Lipinski definition) is 2. The number of rotatable bonds is 8. The molecule has 0 spiro atoms. The minimum Gasteiger partial charge on any atom is -0.396 e. The number of benzene rings is 3. The lowest BCUT2D eigenvalue weighted by molar-refractivity contribution is 0.274. The van der Waals surface area contributed by atoms with Crippen molar-refractivity contribution >= 4 is 17.9 Å². The maximum atomic E-state index is 14.4. The van der Waals surface area contributed by atoms with Crippen LogP contribution < -0.4 is 15.7 Å². The summed E-state index contributed by atoms with van der Waals surface area (Å²) in [6, 6.07) is 29.7. The zero-order valence-electron chi connectivity index (χ0n) is 15.8. The molecule has 1 aliphatic carbocycles. The van der Waals surface area contributed by atoms with Gasteiger partial charge in [0.25, 0.3) is 0 Å². The summed E-state index contributed by atoms with van der Waals surface area (Å²) in [6.07, 6.45) is 1.85. The second-order valence-electron chi connectivity index (χ2n) is 7.47. The minimum absolute atomic E-state index is 0.0102. The molecule has 1 saturated carbocycles. The molecule has 0 bridgehead atoms. The van der Waals surface area contributed by atoms with Crippen LogP contribution in [0.25, 0.3) is 0 Å². The molecule has 0 radical (unpaired) electrons. The van der Waals surface area contributed by atoms with E-state index in [9.17, 15) is 9.67 Å². The Morgan fingerprint density at radius 2 is 1.36 bits per heavy atom. The summed E-state index contributed by atoms with van der Waals surface area (Å²) in [5.41, 5.74) is 1.15. The van der Waals surface area contributed by atoms with Crippen LogP contribution in [0.1, 0.15) is 24.4 Å². The maximum absolute atomic E-state index is 14.4. The highest BCUT2D eigenvalue weighted by molar-refractivity contribution is 7.76. The number of aliphatic hydroxyl groups is 1. The van der Waals surface area contributed by atoms with Crippen LogP contribution in [0.3, 0.4) is 0 Å². The molecule has 0 amide bonds. The van der Waals surface area contributed by atoms with E-state index in [4.69, 9.17) is 0 Å². The van der Waals surface area contributed by atoms with Crippen molar-refractivity contribution in [3.8, 4) is 0 Å². The Kier molecular flexibility index (Phi) is 5.77. The summed E-state index contributed by atoms with van der Waals surface area (Å²) in [4.78, 5) is 0. The summed E-state index contributed by atoms with van der Waals surface area (Å²) in [7, 11) is -3.02. The molecule has 0 saturated heterocycles. The fourth-order valence-electron chi connectivity index (χ4n) is 4.02. The zero-order valence-corrected chi connectivity index (χ0v) is 16.7. The van der Waals surface area contributed by atoms with E-state index in [1.54, 1.807) is 0 Å². The van der Waals surface area contributed by atoms with Gasteiger partial charge >= 0.3 is 0 Å². The van der Waals surface area contributed by atoms with Gasteiger partial charge in [-0.3, -0.25) is 9.65 Å². The molecule has 1 aliphatic rings. The third-order valence-corrected chi connectivity index (χ3v) is 8.32. The van der Waals surface area contributed by atoms with E-state index in [-0.39, 0.29) is 12.6 Å². The van der Waals surface area contributed by atoms with Crippen LogP contribution in [-0.4, -0.2) is 11.7 Å². The summed E-state index contributed by atoms with van der Waals surface area (Å²) in [5.74, 6) is 0.859. The standard InChI is InChI=1S/C24H26NO2P/c26-17-16-20-18-23(20)24(19-10-4-1-5-11-19)25-28(27,21-12-6-2-7-13-21)22-14-8-3-9-15-22/h1-15,20,23-24,26H,16-18H2,(H,25,27)/t20-,23+,24+/m1/s1. The lowest BCUT2D eigenvalue weighted by Gasteiger charge is -2.28. The van der Waals surface area contributed by atoms with Gasteiger partial charge in [0.1, 0.15) is 0 Å². The normalized spacial score (nSPS) is 19.9. The van der Waals surface area contributed by atoms with E-state index in [0.29, 0.717) is 11.8 Å². The molecule has 4 rings (SSSR count). The maximum Gasteiger partial charge on any atom is 0.205 e. The second-order valence-corrected chi connectivity index (χ2v) is 9.98. The van der Waals surface area contributed by atoms with Crippen molar-refractivity contribution in [3.05, 3.63) is 96.6 Å². The van der Waals surface area contributed by atoms with E-state index in [1.807, 2.05) is 78.9 Å². The number of hydrogen-bond donors (Lipinski definition) is 2. The molecule has 3 atom stereocenters. The first-order valence-corrected chi connectivity index (χ1v) is 11.6. The summed E-state index contributed by atoms with van der Waals surface area (Å²) < 4.78 is 14.4. The van der Waals surface area contributed by atoms with Crippen LogP contribution in [0.4, 0.5) is 0 Å². The van der Waals surface area contributed by atoms with Gasteiger partial charge in [0.05, 0.1) is 0 Å². The van der Waals surface area contributed by atoms with Gasteiger partial charge in [-0.1, -0.05) is 66.7 Å². The van der Waals surface area contributed by atoms with Crippen molar-refractivity contribution in [3.63, 3.8) is 0 Å². The highest BCUT2D eigenvalue weighted by Crippen LogP contribution is 2.53. The van der Waals surface area contributed by atoms with E-state index in [2.05, 4.69) is 17.2 Å². The zero-order chi connectivity index (χ0) is 19.4. The van der Waals surface area contributed by atoms with E-state index in [1.165, 1.54) is 0 Å². The molecule has 0 aromatic heterocycles. The molecule has 3 aromatic carbocycles. The van der Waals surface area contributed by atoms with E-state index < -0.39 is 7.29 Å². The van der Waals surface area contributed by atoms with Crippen LogP contribution in [0.5, 0.6) is 0 Å². The number of aliphatic hydroxyl groups excluding tert-OH is 1. The smallest absolute Gasteiger partial charge is 0.205 e. The highest BCUT2D eigenvalue weighted by Gasteiger charge is 2.45.